The van der Waals surface area contributed by atoms with Crippen LogP contribution in [0, 0.1) is 0 Å². The third-order valence-electron chi connectivity index (χ3n) is 11.2. The summed E-state index contributed by atoms with van der Waals surface area (Å²) in [6.07, 6.45) is 0. The Morgan fingerprint density at radius 2 is 0.887 bits per heavy atom. The Morgan fingerprint density at radius 1 is 0.396 bits per heavy atom. The second-order valence-electron chi connectivity index (χ2n) is 16.7. The lowest BCUT2D eigenvalue weighted by Crippen LogP contribution is -2.10. The molecule has 10 aromatic rings. The van der Waals surface area contributed by atoms with Gasteiger partial charge in [-0.15, -0.1) is 0 Å². The highest BCUT2D eigenvalue weighted by Gasteiger charge is 2.22. The van der Waals surface area contributed by atoms with Gasteiger partial charge >= 0.3 is 0 Å². The summed E-state index contributed by atoms with van der Waals surface area (Å²) >= 11 is 0. The molecule has 3 nitrogen and oxygen atoms in total. The zero-order valence-electron chi connectivity index (χ0n) is 31.2. The van der Waals surface area contributed by atoms with E-state index in [2.05, 4.69) is 190 Å². The minimum Gasteiger partial charge on any atom is -0.454 e. The summed E-state index contributed by atoms with van der Waals surface area (Å²) in [7, 11) is 0. The van der Waals surface area contributed by atoms with Crippen molar-refractivity contribution in [3.05, 3.63) is 157 Å². The molecule has 53 heavy (non-hydrogen) atoms. The van der Waals surface area contributed by atoms with Crippen LogP contribution in [-0.4, -0.2) is 9.13 Å². The molecule has 0 radical (unpaired) electrons. The maximum absolute atomic E-state index is 6.59. The predicted molar refractivity (Wildman–Crippen MR) is 225 cm³/mol. The van der Waals surface area contributed by atoms with Gasteiger partial charge < -0.3 is 13.6 Å². The van der Waals surface area contributed by atoms with Crippen molar-refractivity contribution in [1.29, 1.82) is 0 Å². The highest BCUT2D eigenvalue weighted by atomic mass is 16.3. The summed E-state index contributed by atoms with van der Waals surface area (Å²) in [4.78, 5) is 0. The molecule has 3 heteroatoms. The Labute approximate surface area is 309 Å². The molecule has 3 aromatic heterocycles. The minimum absolute atomic E-state index is 0.0167. The van der Waals surface area contributed by atoms with Crippen molar-refractivity contribution in [3.8, 4) is 22.5 Å². The van der Waals surface area contributed by atoms with Gasteiger partial charge in [-0.2, -0.15) is 0 Å². The number of aromatic nitrogens is 2. The molecule has 7 aromatic carbocycles. The fraction of sp³-hybridized carbons (Fsp3) is 0.160. The molecule has 10 rings (SSSR count). The quantitative estimate of drug-likeness (QED) is 0.181. The zero-order chi connectivity index (χ0) is 36.2. The van der Waals surface area contributed by atoms with Gasteiger partial charge in [0.05, 0.1) is 27.8 Å². The number of nitrogens with zero attached hydrogens (tertiary/aromatic N) is 2. The first-order valence-corrected chi connectivity index (χ1v) is 18.7. The lowest BCUT2D eigenvalue weighted by molar-refractivity contribution is 0.591. The van der Waals surface area contributed by atoms with Crippen LogP contribution in [0.5, 0.6) is 0 Å². The van der Waals surface area contributed by atoms with Gasteiger partial charge in [-0.1, -0.05) is 114 Å². The van der Waals surface area contributed by atoms with Crippen molar-refractivity contribution >= 4 is 65.6 Å². The van der Waals surface area contributed by atoms with Gasteiger partial charge in [0.25, 0.3) is 0 Å². The van der Waals surface area contributed by atoms with E-state index in [0.29, 0.717) is 0 Å². The molecule has 0 bridgehead atoms. The van der Waals surface area contributed by atoms with Gasteiger partial charge in [-0.05, 0) is 106 Å². The molecule has 0 fully saturated rings. The number of fused-ring (bicyclic) bond motifs is 9. The summed E-state index contributed by atoms with van der Waals surface area (Å²) in [5.74, 6) is 0. The van der Waals surface area contributed by atoms with E-state index < -0.39 is 0 Å². The summed E-state index contributed by atoms with van der Waals surface area (Å²) < 4.78 is 11.4. The third-order valence-corrected chi connectivity index (χ3v) is 11.2. The average Bonchev–Trinajstić information content (AvgIpc) is 3.81. The SMILES string of the molecule is CC(C)(C)c1ccc2c(c1)c1cc(-c3ccc4c(c3)c3cc(C(C)(C)C)ccc3n4-c3cccc4c3oc3ccccc34)ccc1n2-c1ccccc1. The second-order valence-corrected chi connectivity index (χ2v) is 16.7. The van der Waals surface area contributed by atoms with E-state index in [9.17, 15) is 0 Å². The van der Waals surface area contributed by atoms with E-state index in [1.165, 1.54) is 71.6 Å². The number of rotatable bonds is 3. The zero-order valence-corrected chi connectivity index (χ0v) is 31.2. The Hall–Kier alpha value is -6.06. The molecule has 0 atom stereocenters. The van der Waals surface area contributed by atoms with Crippen molar-refractivity contribution in [1.82, 2.24) is 9.13 Å². The predicted octanol–water partition coefficient (Wildman–Crippen LogP) is 14.0. The van der Waals surface area contributed by atoms with Gasteiger partial charge in [0.2, 0.25) is 0 Å². The summed E-state index contributed by atoms with van der Waals surface area (Å²) in [6, 6.07) is 53.6. The number of hydrogen-bond acceptors (Lipinski definition) is 1. The number of furan rings is 1. The molecule has 0 unspecified atom stereocenters. The van der Waals surface area contributed by atoms with Gasteiger partial charge in [0, 0.05) is 38.0 Å². The van der Waals surface area contributed by atoms with Gasteiger partial charge in [0.1, 0.15) is 5.58 Å². The van der Waals surface area contributed by atoms with E-state index in [1.807, 2.05) is 6.07 Å². The normalized spacial score (nSPS) is 12.7. The molecule has 3 heterocycles. The Kier molecular flexibility index (Phi) is 6.70. The molecule has 0 amide bonds. The first-order chi connectivity index (χ1) is 25.5. The molecule has 0 saturated carbocycles. The average molecular weight is 687 g/mol. The molecule has 258 valence electrons. The highest BCUT2D eigenvalue weighted by molar-refractivity contribution is 6.14. The van der Waals surface area contributed by atoms with Crippen LogP contribution >= 0.6 is 0 Å². The summed E-state index contributed by atoms with van der Waals surface area (Å²) in [6.45, 7) is 13.8. The van der Waals surface area contributed by atoms with Crippen LogP contribution in [0.4, 0.5) is 0 Å². The Morgan fingerprint density at radius 3 is 1.47 bits per heavy atom. The highest BCUT2D eigenvalue weighted by Crippen LogP contribution is 2.42. The van der Waals surface area contributed by atoms with E-state index in [-0.39, 0.29) is 10.8 Å². The van der Waals surface area contributed by atoms with Gasteiger partial charge in [0.15, 0.2) is 5.58 Å². The molecule has 0 spiro atoms. The molecule has 0 aliphatic rings. The van der Waals surface area contributed by atoms with Crippen molar-refractivity contribution in [2.45, 2.75) is 52.4 Å². The fourth-order valence-electron chi connectivity index (χ4n) is 8.36. The van der Waals surface area contributed by atoms with Gasteiger partial charge in [-0.3, -0.25) is 0 Å². The van der Waals surface area contributed by atoms with E-state index in [1.54, 1.807) is 0 Å². The van der Waals surface area contributed by atoms with E-state index >= 15 is 0 Å². The van der Waals surface area contributed by atoms with Gasteiger partial charge in [-0.25, -0.2) is 0 Å². The first-order valence-electron chi connectivity index (χ1n) is 18.7. The third kappa shape index (κ3) is 4.87. The van der Waals surface area contributed by atoms with Crippen LogP contribution in [0.1, 0.15) is 52.7 Å². The van der Waals surface area contributed by atoms with Crippen LogP contribution in [-0.2, 0) is 10.8 Å². The van der Waals surface area contributed by atoms with Crippen LogP contribution in [0.2, 0.25) is 0 Å². The second kappa shape index (κ2) is 11.2. The first kappa shape index (κ1) is 31.7. The van der Waals surface area contributed by atoms with Crippen molar-refractivity contribution in [2.24, 2.45) is 0 Å². The van der Waals surface area contributed by atoms with Crippen LogP contribution in [0.25, 0.3) is 88.1 Å². The topological polar surface area (TPSA) is 23.0 Å². The Bertz CT molecular complexity index is 3060. The van der Waals surface area contributed by atoms with Crippen LogP contribution < -0.4 is 0 Å². The van der Waals surface area contributed by atoms with Crippen molar-refractivity contribution < 1.29 is 4.42 Å². The summed E-state index contributed by atoms with van der Waals surface area (Å²) in [5.41, 5.74) is 14.0. The number of benzene rings is 7. The van der Waals surface area contributed by atoms with Crippen LogP contribution in [0.15, 0.2) is 150 Å². The molecular weight excluding hydrogens is 645 g/mol. The summed E-state index contributed by atoms with van der Waals surface area (Å²) in [5, 5.41) is 7.30. The molecule has 0 aliphatic heterocycles. The maximum Gasteiger partial charge on any atom is 0.159 e. The lowest BCUT2D eigenvalue weighted by atomic mass is 9.86. The largest absolute Gasteiger partial charge is 0.454 e. The number of hydrogen-bond donors (Lipinski definition) is 0. The molecule has 0 aliphatic carbocycles. The van der Waals surface area contributed by atoms with E-state index in [0.717, 1.165) is 27.6 Å². The molecule has 0 N–H and O–H groups in total. The van der Waals surface area contributed by atoms with Crippen molar-refractivity contribution in [2.75, 3.05) is 0 Å². The standard InChI is InChI=1S/C50H42N2O/c1-49(2,3)33-21-25-43-40(29-33)38-27-31(19-23-42(38)51(43)35-13-8-7-9-14-35)32-20-24-44-39(28-32)41-30-34(50(4,5)6)22-26-45(41)52(44)46-17-12-16-37-36-15-10-11-18-47(36)53-48(37)46/h7-30H,1-6H3. The van der Waals surface area contributed by atoms with Crippen LogP contribution in [0.3, 0.4) is 0 Å². The van der Waals surface area contributed by atoms with E-state index in [4.69, 9.17) is 4.42 Å². The lowest BCUT2D eigenvalue weighted by Gasteiger charge is -2.19. The minimum atomic E-state index is 0.0167. The molecular formula is C50H42N2O. The van der Waals surface area contributed by atoms with Crippen molar-refractivity contribution in [3.63, 3.8) is 0 Å². The Balaban J connectivity index is 1.23. The maximum atomic E-state index is 6.59. The fourth-order valence-corrected chi connectivity index (χ4v) is 8.36. The number of para-hydroxylation sites is 3. The molecule has 0 saturated heterocycles. The smallest absolute Gasteiger partial charge is 0.159 e. The monoisotopic (exact) mass is 686 g/mol.